The molecule has 5 heteroatoms. The van der Waals surface area contributed by atoms with Gasteiger partial charge < -0.3 is 14.2 Å². The average molecular weight is 376 g/mol. The highest BCUT2D eigenvalue weighted by atomic mass is 16.7. The van der Waals surface area contributed by atoms with E-state index >= 15 is 0 Å². The number of hydrogen-bond donors (Lipinski definition) is 0. The van der Waals surface area contributed by atoms with E-state index in [9.17, 15) is 9.59 Å². The van der Waals surface area contributed by atoms with Crippen LogP contribution in [0.5, 0.6) is 0 Å². The summed E-state index contributed by atoms with van der Waals surface area (Å²) in [7, 11) is 1.37. The van der Waals surface area contributed by atoms with Crippen LogP contribution in [0.2, 0.25) is 0 Å². The smallest absolute Gasteiger partial charge is 0.335 e. The molecule has 4 rings (SSSR count). The van der Waals surface area contributed by atoms with Crippen LogP contribution < -0.4 is 0 Å². The number of esters is 2. The summed E-state index contributed by atoms with van der Waals surface area (Å²) in [5.41, 5.74) is 1.84. The first kappa shape index (κ1) is 19.0. The number of carbonyl (C=O) groups excluding carboxylic acids is 2. The van der Waals surface area contributed by atoms with Gasteiger partial charge >= 0.3 is 11.9 Å². The molecule has 2 heterocycles. The first-order valence-corrected chi connectivity index (χ1v) is 10.3. The molecule has 0 aromatic heterocycles. The van der Waals surface area contributed by atoms with E-state index in [2.05, 4.69) is 33.8 Å². The summed E-state index contributed by atoms with van der Waals surface area (Å²) in [4.78, 5) is 24.3. The largest absolute Gasteiger partial charge is 0.467 e. The van der Waals surface area contributed by atoms with Crippen LogP contribution in [0.4, 0.5) is 0 Å². The second-order valence-corrected chi connectivity index (χ2v) is 9.88. The molecule has 0 aromatic rings. The normalized spacial score (nSPS) is 45.5. The molecule has 0 amide bonds. The fourth-order valence-electron chi connectivity index (χ4n) is 6.49. The van der Waals surface area contributed by atoms with Gasteiger partial charge in [-0.2, -0.15) is 0 Å². The minimum absolute atomic E-state index is 0.0289. The predicted molar refractivity (Wildman–Crippen MR) is 99.5 cm³/mol. The van der Waals surface area contributed by atoms with E-state index in [1.165, 1.54) is 13.5 Å². The summed E-state index contributed by atoms with van der Waals surface area (Å²) in [6.45, 7) is 9.41. The second kappa shape index (κ2) is 6.33. The van der Waals surface area contributed by atoms with Gasteiger partial charge in [0.05, 0.1) is 13.5 Å². The number of allylic oxidation sites excluding steroid dienone is 2. The third-order valence-electron chi connectivity index (χ3n) is 8.24. The molecule has 2 aliphatic heterocycles. The summed E-state index contributed by atoms with van der Waals surface area (Å²) < 4.78 is 16.4. The van der Waals surface area contributed by atoms with Crippen LogP contribution in [-0.2, 0) is 23.8 Å². The van der Waals surface area contributed by atoms with Crippen molar-refractivity contribution in [3.63, 3.8) is 0 Å². The molecule has 2 aliphatic carbocycles. The summed E-state index contributed by atoms with van der Waals surface area (Å²) in [5, 5.41) is 0. The van der Waals surface area contributed by atoms with Crippen molar-refractivity contribution in [2.24, 2.45) is 34.5 Å². The van der Waals surface area contributed by atoms with E-state index in [1.807, 2.05) is 0 Å². The third kappa shape index (κ3) is 2.76. The van der Waals surface area contributed by atoms with Crippen LogP contribution in [0.25, 0.3) is 0 Å². The molecule has 1 saturated carbocycles. The minimum atomic E-state index is -0.699. The van der Waals surface area contributed by atoms with E-state index in [1.54, 1.807) is 5.57 Å². The zero-order chi connectivity index (χ0) is 19.6. The molecular weight excluding hydrogens is 344 g/mol. The summed E-state index contributed by atoms with van der Waals surface area (Å²) in [6.07, 6.45) is 5.93. The molecule has 3 fully saturated rings. The van der Waals surface area contributed by atoms with Gasteiger partial charge in [0.15, 0.2) is 6.10 Å². The molecule has 0 aromatic carbocycles. The molecule has 4 aliphatic rings. The lowest BCUT2D eigenvalue weighted by Crippen LogP contribution is -2.51. The van der Waals surface area contributed by atoms with Gasteiger partial charge in [-0.3, -0.25) is 4.79 Å². The Hall–Kier alpha value is -1.36. The Morgan fingerprint density at radius 1 is 1.26 bits per heavy atom. The highest BCUT2D eigenvalue weighted by Crippen LogP contribution is 2.62. The van der Waals surface area contributed by atoms with E-state index < -0.39 is 18.4 Å². The van der Waals surface area contributed by atoms with Crippen LogP contribution in [0.1, 0.15) is 59.8 Å². The Morgan fingerprint density at radius 2 is 2.00 bits per heavy atom. The Labute approximate surface area is 161 Å². The number of carbonyl (C=O) groups is 2. The zero-order valence-corrected chi connectivity index (χ0v) is 17.1. The lowest BCUT2D eigenvalue weighted by molar-refractivity contribution is -0.199. The van der Waals surface area contributed by atoms with Crippen molar-refractivity contribution in [3.8, 4) is 0 Å². The van der Waals surface area contributed by atoms with Gasteiger partial charge in [0.2, 0.25) is 6.29 Å². The van der Waals surface area contributed by atoms with Crippen LogP contribution in [0.3, 0.4) is 0 Å². The van der Waals surface area contributed by atoms with Crippen molar-refractivity contribution < 1.29 is 23.8 Å². The van der Waals surface area contributed by atoms with Crippen molar-refractivity contribution in [2.45, 2.75) is 72.2 Å². The first-order valence-electron chi connectivity index (χ1n) is 10.3. The number of fused-ring (bicyclic) bond motifs is 3. The summed E-state index contributed by atoms with van der Waals surface area (Å²) in [6, 6.07) is 0. The molecule has 2 saturated heterocycles. The highest BCUT2D eigenvalue weighted by molar-refractivity contribution is 5.78. The van der Waals surface area contributed by atoms with Gasteiger partial charge in [0, 0.05) is 11.8 Å². The lowest BCUT2D eigenvalue weighted by atomic mass is 9.50. The van der Waals surface area contributed by atoms with Gasteiger partial charge in [-0.1, -0.05) is 39.3 Å². The number of ether oxygens (including phenoxy) is 3. The lowest BCUT2D eigenvalue weighted by Gasteiger charge is -2.55. The molecule has 5 nitrogen and oxygen atoms in total. The molecule has 0 spiro atoms. The van der Waals surface area contributed by atoms with Crippen LogP contribution >= 0.6 is 0 Å². The van der Waals surface area contributed by atoms with Crippen molar-refractivity contribution >= 4 is 11.9 Å². The minimum Gasteiger partial charge on any atom is -0.467 e. The van der Waals surface area contributed by atoms with Crippen molar-refractivity contribution in [3.05, 3.63) is 11.6 Å². The van der Waals surface area contributed by atoms with E-state index in [4.69, 9.17) is 14.2 Å². The summed E-state index contributed by atoms with van der Waals surface area (Å²) >= 11 is 0. The molecule has 2 bridgehead atoms. The first-order chi connectivity index (χ1) is 12.7. The molecule has 7 unspecified atom stereocenters. The van der Waals surface area contributed by atoms with Gasteiger partial charge in [-0.25, -0.2) is 4.79 Å². The van der Waals surface area contributed by atoms with Crippen molar-refractivity contribution in [1.82, 2.24) is 0 Å². The quantitative estimate of drug-likeness (QED) is 0.541. The van der Waals surface area contributed by atoms with Gasteiger partial charge in [0.25, 0.3) is 0 Å². The SMILES string of the molecule is COC(=O)C1OC2OC(=O)CC1C2C1(C)CCC2C(=CCCC2(C)C)C1C. The fourth-order valence-corrected chi connectivity index (χ4v) is 6.49. The van der Waals surface area contributed by atoms with E-state index in [0.717, 1.165) is 19.3 Å². The maximum atomic E-state index is 12.3. The van der Waals surface area contributed by atoms with Gasteiger partial charge in [0.1, 0.15) is 0 Å². The molecule has 7 atom stereocenters. The number of methoxy groups -OCH3 is 1. The Morgan fingerprint density at radius 3 is 2.70 bits per heavy atom. The topological polar surface area (TPSA) is 61.8 Å². The summed E-state index contributed by atoms with van der Waals surface area (Å²) in [5.74, 6) is 0.202. The third-order valence-corrected chi connectivity index (χ3v) is 8.24. The highest BCUT2D eigenvalue weighted by Gasteiger charge is 2.63. The maximum Gasteiger partial charge on any atom is 0.335 e. The van der Waals surface area contributed by atoms with Crippen LogP contribution in [0, 0.1) is 34.5 Å². The zero-order valence-electron chi connectivity index (χ0n) is 17.1. The maximum absolute atomic E-state index is 12.3. The Kier molecular flexibility index (Phi) is 4.45. The van der Waals surface area contributed by atoms with E-state index in [-0.39, 0.29) is 29.6 Å². The monoisotopic (exact) mass is 376 g/mol. The molecule has 27 heavy (non-hydrogen) atoms. The Bertz CT molecular complexity index is 680. The second-order valence-electron chi connectivity index (χ2n) is 9.88. The Balaban J connectivity index is 1.67. The average Bonchev–Trinajstić information content (AvgIpc) is 2.86. The predicted octanol–water partition coefficient (Wildman–Crippen LogP) is 3.86. The van der Waals surface area contributed by atoms with Crippen LogP contribution in [-0.4, -0.2) is 31.4 Å². The van der Waals surface area contributed by atoms with Gasteiger partial charge in [-0.15, -0.1) is 0 Å². The number of hydrogen-bond acceptors (Lipinski definition) is 5. The van der Waals surface area contributed by atoms with Crippen molar-refractivity contribution in [1.29, 1.82) is 0 Å². The van der Waals surface area contributed by atoms with Crippen molar-refractivity contribution in [2.75, 3.05) is 7.11 Å². The number of rotatable bonds is 2. The van der Waals surface area contributed by atoms with Crippen LogP contribution in [0.15, 0.2) is 11.6 Å². The standard InChI is InChI=1S/C22H32O5/c1-12-13-7-6-9-21(2,3)15(13)8-10-22(12,4)17-14-11-16(23)26-20(17)27-18(14)19(24)25-5/h7,12,14-15,17-18,20H,6,8-11H2,1-5H3. The fraction of sp³-hybridized carbons (Fsp3) is 0.818. The molecule has 0 radical (unpaired) electrons. The molecule has 0 N–H and O–H groups in total. The van der Waals surface area contributed by atoms with E-state index in [0.29, 0.717) is 17.3 Å². The molecule has 150 valence electrons. The van der Waals surface area contributed by atoms with Gasteiger partial charge in [-0.05, 0) is 48.3 Å². The molecular formula is C22H32O5.